The summed E-state index contributed by atoms with van der Waals surface area (Å²) in [4.78, 5) is 59.2. The lowest BCUT2D eigenvalue weighted by atomic mass is 10.1. The molecule has 4 heterocycles. The minimum absolute atomic E-state index is 0.0189. The molecule has 4 rings (SSSR count). The first-order valence-corrected chi connectivity index (χ1v) is 42.9. The minimum atomic E-state index is -1.43. The maximum absolute atomic E-state index is 12.4. The molecular formula is C78H144N12O36. The van der Waals surface area contributed by atoms with E-state index in [1.54, 1.807) is 0 Å². The standard InChI is InChI=1S/C39H71N7O18.C39H73N5O18/c40-37-32(30-46(39(51)44-37)38-36(50)35(49)33(31-47)64-38)2-1-4-42-34(48)3-6-52-8-10-54-12-14-56-16-18-58-20-22-60-24-26-62-28-29-63-27-25-61-23-21-59-19-17-57-15-13-55-11-9-53-7-5-43-45-41;40-4-7-51-9-11-53-13-15-55-17-19-57-21-23-59-25-27-61-29-28-60-26-24-58-22-20-56-18-16-54-14-12-52-10-8-50-6-3-34(46)42-5-1-2-32-30-44(39(49)43-37(32)41)38-36(48)35(47)33(31-45)62-38/h30,33,35-36,38,47,49-50H,1-29,31H2,(H,42,48)(H2,40,44,51);30,33,35-36,38,45,47-48H,1-29,31,40H2,(H,42,46)(H2,41,43,49)/t2*33-,35?,36+,38-/m11/s1. The SMILES string of the molecule is NCCOCCOCCOCCOCCOCCOCCOCCOCCOCCOCCOCCOCCC(=O)NCCCc1cn([C@@H]2O[C@H](CO)C(O)[C@@H]2O)c(=O)nc1N.[N-]=[N+]=NCCOCCOCCOCCOCCOCCOCCOCCOCCOCCOCCOCCOCCC(=O)NCCCc1cn([C@@H]2O[C@H](CO)C(O)[C@@H]2O)c(=O)nc1N. The molecule has 2 aromatic rings. The molecule has 14 N–H and O–H groups in total. The number of nitrogens with two attached hydrogens (primary N) is 3. The van der Waals surface area contributed by atoms with Crippen molar-refractivity contribution in [2.75, 3.05) is 368 Å². The van der Waals surface area contributed by atoms with Crippen molar-refractivity contribution in [1.82, 2.24) is 29.7 Å². The second-order valence-electron chi connectivity index (χ2n) is 27.0. The van der Waals surface area contributed by atoms with Gasteiger partial charge in [0.15, 0.2) is 12.5 Å². The number of nitrogens with zero attached hydrogens (tertiary/aromatic N) is 7. The van der Waals surface area contributed by atoms with Crippen LogP contribution in [-0.4, -0.2) is 455 Å². The molecule has 2 amide bonds. The van der Waals surface area contributed by atoms with Crippen LogP contribution in [0, 0.1) is 0 Å². The molecule has 2 aromatic heterocycles. The molecule has 0 aliphatic carbocycles. The van der Waals surface area contributed by atoms with Crippen molar-refractivity contribution >= 4 is 23.5 Å². The lowest BCUT2D eigenvalue weighted by Crippen LogP contribution is -2.36. The summed E-state index contributed by atoms with van der Waals surface area (Å²) in [6.45, 7) is 21.9. The zero-order valence-corrected chi connectivity index (χ0v) is 73.0. The summed E-state index contributed by atoms with van der Waals surface area (Å²) in [5, 5.41) is 68.1. The van der Waals surface area contributed by atoms with Gasteiger partial charge in [0.25, 0.3) is 0 Å². The molecule has 0 bridgehead atoms. The second-order valence-corrected chi connectivity index (χ2v) is 27.0. The Labute approximate surface area is 735 Å². The van der Waals surface area contributed by atoms with Gasteiger partial charge in [-0.15, -0.1) is 0 Å². The fourth-order valence-electron chi connectivity index (χ4n) is 10.8. The van der Waals surface area contributed by atoms with Crippen LogP contribution in [0.15, 0.2) is 27.1 Å². The number of azide groups is 1. The number of amides is 2. The molecule has 2 unspecified atom stereocenters. The van der Waals surface area contributed by atoms with Crippen LogP contribution in [0.1, 0.15) is 49.3 Å². The average molecular weight is 1830 g/mol. The van der Waals surface area contributed by atoms with Crippen molar-refractivity contribution in [3.8, 4) is 0 Å². The highest BCUT2D eigenvalue weighted by molar-refractivity contribution is 5.76. The first-order chi connectivity index (χ1) is 61.8. The number of ether oxygens (including phenoxy) is 26. The highest BCUT2D eigenvalue weighted by atomic mass is 16.6. The van der Waals surface area contributed by atoms with E-state index >= 15 is 0 Å². The Morgan fingerprint density at radius 1 is 0.365 bits per heavy atom. The van der Waals surface area contributed by atoms with Gasteiger partial charge in [-0.1, -0.05) is 5.11 Å². The number of aryl methyl sites for hydroxylation is 2. The van der Waals surface area contributed by atoms with Crippen LogP contribution in [0.2, 0.25) is 0 Å². The normalized spacial score (nSPS) is 17.4. The molecule has 0 saturated carbocycles. The number of hydrogen-bond donors (Lipinski definition) is 11. The third kappa shape index (κ3) is 60.3. The number of rotatable bonds is 89. The van der Waals surface area contributed by atoms with E-state index in [4.69, 9.17) is 146 Å². The predicted molar refractivity (Wildman–Crippen MR) is 446 cm³/mol. The van der Waals surface area contributed by atoms with Crippen LogP contribution in [0.4, 0.5) is 11.6 Å². The third-order valence-corrected chi connectivity index (χ3v) is 17.4. The van der Waals surface area contributed by atoms with Gasteiger partial charge in [0.1, 0.15) is 48.3 Å². The topological polar surface area (TPSA) is 616 Å². The van der Waals surface area contributed by atoms with Crippen molar-refractivity contribution in [1.29, 1.82) is 0 Å². The van der Waals surface area contributed by atoms with E-state index in [2.05, 4.69) is 30.6 Å². The molecule has 8 atom stereocenters. The van der Waals surface area contributed by atoms with Gasteiger partial charge in [-0.3, -0.25) is 18.7 Å². The van der Waals surface area contributed by atoms with Crippen molar-refractivity contribution in [3.05, 3.63) is 54.9 Å². The quantitative estimate of drug-likeness (QED) is 0.0129. The van der Waals surface area contributed by atoms with E-state index in [-0.39, 0.29) is 49.5 Å². The number of carbonyl (C=O) groups excluding carboxylic acids is 2. The Balaban J connectivity index is 0.000000650. The molecule has 0 aromatic carbocycles. The van der Waals surface area contributed by atoms with Gasteiger partial charge in [0.2, 0.25) is 11.8 Å². The molecular weight excluding hydrogens is 1680 g/mol. The summed E-state index contributed by atoms with van der Waals surface area (Å²) >= 11 is 0. The summed E-state index contributed by atoms with van der Waals surface area (Å²) in [6, 6.07) is 0. The number of carbonyl (C=O) groups is 2. The number of nitrogen functional groups attached to an aromatic ring is 2. The molecule has 48 nitrogen and oxygen atoms in total. The van der Waals surface area contributed by atoms with Gasteiger partial charge >= 0.3 is 11.4 Å². The molecule has 2 aliphatic heterocycles. The lowest BCUT2D eigenvalue weighted by molar-refractivity contribution is -0.123. The summed E-state index contributed by atoms with van der Waals surface area (Å²) in [5.74, 6) is -0.327. The molecule has 2 fully saturated rings. The van der Waals surface area contributed by atoms with Gasteiger partial charge < -0.3 is 182 Å². The fraction of sp³-hybridized carbons (Fsp3) is 0.872. The van der Waals surface area contributed by atoms with Crippen LogP contribution >= 0.6 is 0 Å². The Morgan fingerprint density at radius 2 is 0.579 bits per heavy atom. The van der Waals surface area contributed by atoms with Crippen molar-refractivity contribution in [2.24, 2.45) is 10.8 Å². The number of anilines is 2. The van der Waals surface area contributed by atoms with E-state index in [9.17, 15) is 49.8 Å². The molecule has 2 saturated heterocycles. The molecule has 48 heteroatoms. The minimum Gasteiger partial charge on any atom is -0.394 e. The highest BCUT2D eigenvalue weighted by Crippen LogP contribution is 2.30. The molecule has 0 radical (unpaired) electrons. The predicted octanol–water partition coefficient (Wildman–Crippen LogP) is -4.58. The third-order valence-electron chi connectivity index (χ3n) is 17.4. The Kier molecular flexibility index (Phi) is 74.9. The molecule has 2 aliphatic rings. The maximum atomic E-state index is 12.4. The largest absolute Gasteiger partial charge is 0.394 e. The van der Waals surface area contributed by atoms with E-state index in [0.717, 1.165) is 9.13 Å². The van der Waals surface area contributed by atoms with E-state index in [1.807, 2.05) is 0 Å². The van der Waals surface area contributed by atoms with Crippen LogP contribution < -0.4 is 39.2 Å². The first kappa shape index (κ1) is 114. The summed E-state index contributed by atoms with van der Waals surface area (Å²) in [7, 11) is 0. The summed E-state index contributed by atoms with van der Waals surface area (Å²) in [5.41, 5.74) is 24.8. The number of aliphatic hydroxyl groups is 6. The first-order valence-electron chi connectivity index (χ1n) is 42.9. The van der Waals surface area contributed by atoms with Gasteiger partial charge in [-0.2, -0.15) is 9.97 Å². The number of aromatic nitrogens is 4. The Hall–Kier alpha value is -5.71. The molecule has 0 spiro atoms. The van der Waals surface area contributed by atoms with Gasteiger partial charge in [0, 0.05) is 67.5 Å². The highest BCUT2D eigenvalue weighted by Gasteiger charge is 2.45. The van der Waals surface area contributed by atoms with Crippen LogP contribution in [0.25, 0.3) is 10.4 Å². The monoisotopic (exact) mass is 1820 g/mol. The van der Waals surface area contributed by atoms with Gasteiger partial charge in [0.05, 0.1) is 330 Å². The Morgan fingerprint density at radius 3 is 0.786 bits per heavy atom. The number of hydrogen-bond acceptors (Lipinski definition) is 42. The van der Waals surface area contributed by atoms with Crippen LogP contribution in [0.3, 0.4) is 0 Å². The van der Waals surface area contributed by atoms with Crippen LogP contribution in [0.5, 0.6) is 0 Å². The average Bonchev–Trinajstić information content (AvgIpc) is 1.66. The summed E-state index contributed by atoms with van der Waals surface area (Å²) in [6.07, 6.45) is -5.17. The van der Waals surface area contributed by atoms with Gasteiger partial charge in [-0.05, 0) is 31.2 Å². The van der Waals surface area contributed by atoms with Crippen LogP contribution in [-0.2, 0) is 146 Å². The smallest absolute Gasteiger partial charge is 0.351 e. The van der Waals surface area contributed by atoms with E-state index < -0.39 is 73.7 Å². The van der Waals surface area contributed by atoms with Crippen molar-refractivity contribution in [2.45, 2.75) is 87.6 Å². The van der Waals surface area contributed by atoms with Crippen molar-refractivity contribution in [3.63, 3.8) is 0 Å². The number of aliphatic hydroxyl groups excluding tert-OH is 6. The van der Waals surface area contributed by atoms with Gasteiger partial charge in [-0.25, -0.2) is 9.59 Å². The zero-order valence-electron chi connectivity index (χ0n) is 73.0. The fourth-order valence-corrected chi connectivity index (χ4v) is 10.8. The lowest BCUT2D eigenvalue weighted by Gasteiger charge is -2.18. The Bertz CT molecular complexity index is 3060. The van der Waals surface area contributed by atoms with E-state index in [0.29, 0.717) is 367 Å². The molecule has 126 heavy (non-hydrogen) atoms. The zero-order chi connectivity index (χ0) is 90.9. The molecule has 732 valence electrons. The van der Waals surface area contributed by atoms with Crippen molar-refractivity contribution < 1.29 is 163 Å². The second kappa shape index (κ2) is 82.4. The summed E-state index contributed by atoms with van der Waals surface area (Å²) < 4.78 is 143. The maximum Gasteiger partial charge on any atom is 0.351 e. The number of nitrogens with one attached hydrogen (secondary N) is 2. The van der Waals surface area contributed by atoms with E-state index in [1.165, 1.54) is 12.4 Å².